The van der Waals surface area contributed by atoms with Crippen LogP contribution in [0.15, 0.2) is 47.1 Å². The van der Waals surface area contributed by atoms with Gasteiger partial charge in [0.15, 0.2) is 0 Å². The first-order valence-electron chi connectivity index (χ1n) is 7.78. The molecule has 0 bridgehead atoms. The zero-order chi connectivity index (χ0) is 15.4. The second kappa shape index (κ2) is 6.77. The summed E-state index contributed by atoms with van der Waals surface area (Å²) < 4.78 is 18.9. The molecule has 1 amide bonds. The summed E-state index contributed by atoms with van der Waals surface area (Å²) >= 11 is 0. The molecule has 0 radical (unpaired) electrons. The molecule has 0 spiro atoms. The van der Waals surface area contributed by atoms with Gasteiger partial charge in [-0.05, 0) is 43.0 Å². The lowest BCUT2D eigenvalue weighted by molar-refractivity contribution is -0.130. The molecule has 22 heavy (non-hydrogen) atoms. The van der Waals surface area contributed by atoms with Gasteiger partial charge in [0.25, 0.3) is 0 Å². The molecule has 1 saturated heterocycles. The van der Waals surface area contributed by atoms with Crippen molar-refractivity contribution in [3.05, 3.63) is 59.8 Å². The van der Waals surface area contributed by atoms with Crippen molar-refractivity contribution >= 4 is 5.91 Å². The normalized spacial score (nSPS) is 17.9. The van der Waals surface area contributed by atoms with Crippen molar-refractivity contribution in [1.82, 2.24) is 4.90 Å². The monoisotopic (exact) mass is 301 g/mol. The van der Waals surface area contributed by atoms with E-state index in [-0.39, 0.29) is 11.7 Å². The Morgan fingerprint density at radius 3 is 2.91 bits per heavy atom. The van der Waals surface area contributed by atoms with Gasteiger partial charge in [-0.2, -0.15) is 0 Å². The van der Waals surface area contributed by atoms with Crippen LogP contribution in [0, 0.1) is 5.82 Å². The molecule has 2 aromatic rings. The van der Waals surface area contributed by atoms with Gasteiger partial charge in [0.1, 0.15) is 11.6 Å². The molecular weight excluding hydrogens is 281 g/mol. The van der Waals surface area contributed by atoms with Crippen LogP contribution in [0.5, 0.6) is 0 Å². The average molecular weight is 301 g/mol. The van der Waals surface area contributed by atoms with Crippen molar-refractivity contribution in [3.8, 4) is 0 Å². The average Bonchev–Trinajstić information content (AvgIpc) is 3.20. The standard InChI is InChI=1S/C18H20FNO2/c19-16-7-2-1-5-14(16)6-3-9-18(21)20-11-10-15(13-20)17-8-4-12-22-17/h1-2,4-5,7-8,12,15H,3,6,9-11,13H2. The molecule has 1 aliphatic heterocycles. The van der Waals surface area contributed by atoms with Gasteiger partial charge < -0.3 is 9.32 Å². The SMILES string of the molecule is O=C(CCCc1ccccc1F)N1CCC(c2ccco2)C1. The van der Waals surface area contributed by atoms with E-state index in [0.717, 1.165) is 25.3 Å². The van der Waals surface area contributed by atoms with Gasteiger partial charge in [0.05, 0.1) is 6.26 Å². The highest BCUT2D eigenvalue weighted by atomic mass is 19.1. The van der Waals surface area contributed by atoms with Gasteiger partial charge in [-0.1, -0.05) is 18.2 Å². The van der Waals surface area contributed by atoms with Crippen LogP contribution in [-0.2, 0) is 11.2 Å². The van der Waals surface area contributed by atoms with Crippen molar-refractivity contribution < 1.29 is 13.6 Å². The number of hydrogen-bond donors (Lipinski definition) is 0. The Morgan fingerprint density at radius 1 is 1.27 bits per heavy atom. The highest BCUT2D eigenvalue weighted by Gasteiger charge is 2.28. The number of carbonyl (C=O) groups is 1. The summed E-state index contributed by atoms with van der Waals surface area (Å²) in [6, 6.07) is 10.6. The molecule has 1 atom stereocenters. The molecule has 3 rings (SSSR count). The van der Waals surface area contributed by atoms with E-state index in [9.17, 15) is 9.18 Å². The molecule has 4 heteroatoms. The quantitative estimate of drug-likeness (QED) is 0.842. The van der Waals surface area contributed by atoms with E-state index in [1.165, 1.54) is 6.07 Å². The van der Waals surface area contributed by atoms with Crippen LogP contribution in [0.3, 0.4) is 0 Å². The third-order valence-electron chi connectivity index (χ3n) is 4.28. The molecule has 0 aliphatic carbocycles. The summed E-state index contributed by atoms with van der Waals surface area (Å²) in [5.74, 6) is 1.24. The number of aryl methyl sites for hydroxylation is 1. The molecule has 0 N–H and O–H groups in total. The Bertz CT molecular complexity index is 624. The van der Waals surface area contributed by atoms with E-state index in [1.807, 2.05) is 23.1 Å². The molecule has 2 heterocycles. The molecule has 1 aromatic carbocycles. The van der Waals surface area contributed by atoms with Crippen molar-refractivity contribution in [1.29, 1.82) is 0 Å². The first-order valence-corrected chi connectivity index (χ1v) is 7.78. The van der Waals surface area contributed by atoms with E-state index < -0.39 is 0 Å². The van der Waals surface area contributed by atoms with Crippen LogP contribution in [-0.4, -0.2) is 23.9 Å². The highest BCUT2D eigenvalue weighted by Crippen LogP contribution is 2.27. The van der Waals surface area contributed by atoms with Gasteiger partial charge in [-0.3, -0.25) is 4.79 Å². The Balaban J connectivity index is 1.46. The minimum absolute atomic E-state index is 0.158. The number of halogens is 1. The fraction of sp³-hybridized carbons (Fsp3) is 0.389. The lowest BCUT2D eigenvalue weighted by Gasteiger charge is -2.16. The smallest absolute Gasteiger partial charge is 0.222 e. The van der Waals surface area contributed by atoms with E-state index in [2.05, 4.69) is 0 Å². The lowest BCUT2D eigenvalue weighted by atomic mass is 10.1. The van der Waals surface area contributed by atoms with Gasteiger partial charge in [-0.15, -0.1) is 0 Å². The maximum Gasteiger partial charge on any atom is 0.222 e. The number of nitrogens with zero attached hydrogens (tertiary/aromatic N) is 1. The Morgan fingerprint density at radius 2 is 2.14 bits per heavy atom. The molecule has 1 unspecified atom stereocenters. The predicted octanol–water partition coefficient (Wildman–Crippen LogP) is 3.76. The van der Waals surface area contributed by atoms with E-state index in [1.54, 1.807) is 18.4 Å². The van der Waals surface area contributed by atoms with Crippen LogP contribution < -0.4 is 0 Å². The number of hydrogen-bond acceptors (Lipinski definition) is 2. The summed E-state index contributed by atoms with van der Waals surface area (Å²) in [7, 11) is 0. The number of benzene rings is 1. The van der Waals surface area contributed by atoms with Gasteiger partial charge >= 0.3 is 0 Å². The number of furan rings is 1. The summed E-state index contributed by atoms with van der Waals surface area (Å²) in [5, 5.41) is 0. The Kier molecular flexibility index (Phi) is 4.56. The third-order valence-corrected chi connectivity index (χ3v) is 4.28. The zero-order valence-electron chi connectivity index (χ0n) is 12.5. The number of carbonyl (C=O) groups excluding carboxylic acids is 1. The topological polar surface area (TPSA) is 33.5 Å². The Labute approximate surface area is 129 Å². The molecule has 116 valence electrons. The van der Waals surface area contributed by atoms with Gasteiger partial charge in [0, 0.05) is 25.4 Å². The fourth-order valence-electron chi connectivity index (χ4n) is 3.03. The molecular formula is C18H20FNO2. The first kappa shape index (κ1) is 14.8. The second-order valence-electron chi connectivity index (χ2n) is 5.79. The first-order chi connectivity index (χ1) is 10.7. The van der Waals surface area contributed by atoms with E-state index >= 15 is 0 Å². The molecule has 3 nitrogen and oxygen atoms in total. The van der Waals surface area contributed by atoms with Crippen LogP contribution in [0.25, 0.3) is 0 Å². The molecule has 1 aromatic heterocycles. The number of amides is 1. The summed E-state index contributed by atoms with van der Waals surface area (Å²) in [6.45, 7) is 1.51. The van der Waals surface area contributed by atoms with Crippen LogP contribution >= 0.6 is 0 Å². The lowest BCUT2D eigenvalue weighted by Crippen LogP contribution is -2.28. The Hall–Kier alpha value is -2.10. The van der Waals surface area contributed by atoms with Gasteiger partial charge in [-0.25, -0.2) is 4.39 Å². The third kappa shape index (κ3) is 3.38. The molecule has 1 aliphatic rings. The van der Waals surface area contributed by atoms with Gasteiger partial charge in [0.2, 0.25) is 5.91 Å². The van der Waals surface area contributed by atoms with Crippen molar-refractivity contribution in [3.63, 3.8) is 0 Å². The maximum atomic E-state index is 13.5. The minimum atomic E-state index is -0.186. The van der Waals surface area contributed by atoms with E-state index in [4.69, 9.17) is 4.42 Å². The predicted molar refractivity (Wildman–Crippen MR) is 82.0 cm³/mol. The summed E-state index contributed by atoms with van der Waals surface area (Å²) in [4.78, 5) is 14.1. The minimum Gasteiger partial charge on any atom is -0.469 e. The van der Waals surface area contributed by atoms with E-state index in [0.29, 0.717) is 30.7 Å². The zero-order valence-corrected chi connectivity index (χ0v) is 12.5. The largest absolute Gasteiger partial charge is 0.469 e. The van der Waals surface area contributed by atoms with Crippen molar-refractivity contribution in [2.45, 2.75) is 31.6 Å². The van der Waals surface area contributed by atoms with Crippen molar-refractivity contribution in [2.75, 3.05) is 13.1 Å². The maximum absolute atomic E-state index is 13.5. The van der Waals surface area contributed by atoms with Crippen LogP contribution in [0.4, 0.5) is 4.39 Å². The summed E-state index contributed by atoms with van der Waals surface area (Å²) in [6.07, 6.45) is 4.38. The van der Waals surface area contributed by atoms with Crippen molar-refractivity contribution in [2.24, 2.45) is 0 Å². The highest BCUT2D eigenvalue weighted by molar-refractivity contribution is 5.76. The fourth-order valence-corrected chi connectivity index (χ4v) is 3.03. The second-order valence-corrected chi connectivity index (χ2v) is 5.79. The van der Waals surface area contributed by atoms with Crippen LogP contribution in [0.1, 0.15) is 36.5 Å². The number of likely N-dealkylation sites (tertiary alicyclic amines) is 1. The molecule has 0 saturated carbocycles. The number of rotatable bonds is 5. The molecule has 1 fully saturated rings. The summed E-state index contributed by atoms with van der Waals surface area (Å²) in [5.41, 5.74) is 0.685. The van der Waals surface area contributed by atoms with Crippen LogP contribution in [0.2, 0.25) is 0 Å².